The number of benzene rings is 1. The van der Waals surface area contributed by atoms with Gasteiger partial charge in [-0.1, -0.05) is 30.3 Å². The largest absolute Gasteiger partial charge is 0.455 e. The van der Waals surface area contributed by atoms with Crippen molar-refractivity contribution in [3.8, 4) is 11.3 Å². The summed E-state index contributed by atoms with van der Waals surface area (Å²) in [6.45, 7) is 0. The van der Waals surface area contributed by atoms with Crippen LogP contribution < -0.4 is 11.2 Å². The number of nitrogens with one attached hydrogen (secondary N) is 1. The average molecular weight is 265 g/mol. The van der Waals surface area contributed by atoms with Crippen molar-refractivity contribution in [1.29, 1.82) is 0 Å². The molecule has 0 unspecified atom stereocenters. The zero-order chi connectivity index (χ0) is 12.1. The van der Waals surface area contributed by atoms with Crippen molar-refractivity contribution in [3.05, 3.63) is 48.2 Å². The van der Waals surface area contributed by atoms with Gasteiger partial charge in [-0.3, -0.25) is 0 Å². The Bertz CT molecular complexity index is 537. The van der Waals surface area contributed by atoms with Crippen molar-refractivity contribution in [2.75, 3.05) is 0 Å². The summed E-state index contributed by atoms with van der Waals surface area (Å²) in [7, 11) is 0. The maximum Gasteiger partial charge on any atom is 0.332 e. The molecule has 1 heterocycles. The van der Waals surface area contributed by atoms with E-state index in [2.05, 4.69) is 10.5 Å². The number of nitrogens with zero attached hydrogens (tertiary/aromatic N) is 1. The minimum Gasteiger partial charge on any atom is -0.455 e. The molecule has 7 heteroatoms. The molecule has 0 aliphatic rings. The van der Waals surface area contributed by atoms with Crippen LogP contribution in [0.2, 0.25) is 0 Å². The van der Waals surface area contributed by atoms with Crippen molar-refractivity contribution in [3.63, 3.8) is 0 Å². The summed E-state index contributed by atoms with van der Waals surface area (Å²) in [5.41, 5.74) is 7.93. The molecule has 2 aromatic rings. The van der Waals surface area contributed by atoms with Gasteiger partial charge >= 0.3 is 6.03 Å². The summed E-state index contributed by atoms with van der Waals surface area (Å²) in [6.07, 6.45) is 1.39. The normalized spacial score (nSPS) is 9.47. The van der Waals surface area contributed by atoms with E-state index < -0.39 is 6.03 Å². The number of hydrogen-bond acceptors (Lipinski definition) is 3. The van der Waals surface area contributed by atoms with Crippen LogP contribution >= 0.6 is 0 Å². The molecule has 102 valence electrons. The van der Waals surface area contributed by atoms with Gasteiger partial charge in [0, 0.05) is 5.56 Å². The van der Waals surface area contributed by atoms with E-state index >= 15 is 0 Å². The second kappa shape index (κ2) is 7.64. The molecule has 0 saturated heterocycles. The van der Waals surface area contributed by atoms with E-state index in [4.69, 9.17) is 10.2 Å². The standard InChI is InChI=1S/C12H11N3O2.2H2O/c13-12(16)15-14-8-10-6-7-11(17-10)9-4-2-1-3-5-9;;/h1-8H,(H3,13,15,16);2*1H2/b14-8+;;. The van der Waals surface area contributed by atoms with Crippen LogP contribution in [0.4, 0.5) is 4.79 Å². The number of amides is 2. The molecule has 1 aromatic carbocycles. The molecule has 2 amide bonds. The fourth-order valence-electron chi connectivity index (χ4n) is 1.34. The van der Waals surface area contributed by atoms with E-state index in [0.717, 1.165) is 11.3 Å². The number of carbonyl (C=O) groups excluding carboxylic acids is 1. The first kappa shape index (κ1) is 16.4. The van der Waals surface area contributed by atoms with Crippen LogP contribution in [0, 0.1) is 0 Å². The van der Waals surface area contributed by atoms with Gasteiger partial charge in [-0.05, 0) is 12.1 Å². The van der Waals surface area contributed by atoms with Crippen molar-refractivity contribution >= 4 is 12.2 Å². The first-order chi connectivity index (χ1) is 8.25. The monoisotopic (exact) mass is 265 g/mol. The minimum atomic E-state index is -0.712. The number of furan rings is 1. The van der Waals surface area contributed by atoms with Gasteiger partial charge in [0.05, 0.1) is 6.21 Å². The molecule has 0 spiro atoms. The Balaban J connectivity index is 0.00000162. The topological polar surface area (TPSA) is 144 Å². The summed E-state index contributed by atoms with van der Waals surface area (Å²) < 4.78 is 5.51. The molecule has 0 aliphatic carbocycles. The van der Waals surface area contributed by atoms with Gasteiger partial charge in [-0.2, -0.15) is 5.10 Å². The summed E-state index contributed by atoms with van der Waals surface area (Å²) in [5.74, 6) is 1.28. The fourth-order valence-corrected chi connectivity index (χ4v) is 1.34. The van der Waals surface area contributed by atoms with Crippen molar-refractivity contribution in [2.45, 2.75) is 0 Å². The summed E-state index contributed by atoms with van der Waals surface area (Å²) >= 11 is 0. The second-order valence-electron chi connectivity index (χ2n) is 3.30. The van der Waals surface area contributed by atoms with Gasteiger partial charge in [0.1, 0.15) is 11.5 Å². The Morgan fingerprint density at radius 2 is 1.84 bits per heavy atom. The third kappa shape index (κ3) is 4.62. The number of hydrogen-bond donors (Lipinski definition) is 2. The van der Waals surface area contributed by atoms with Crippen LogP contribution in [-0.2, 0) is 0 Å². The SMILES string of the molecule is NC(=O)N/N=C/c1ccc(-c2ccccc2)o1.O.O. The Morgan fingerprint density at radius 3 is 2.47 bits per heavy atom. The first-order valence-electron chi connectivity index (χ1n) is 4.99. The molecule has 19 heavy (non-hydrogen) atoms. The zero-order valence-electron chi connectivity index (χ0n) is 9.96. The lowest BCUT2D eigenvalue weighted by Crippen LogP contribution is -2.24. The van der Waals surface area contributed by atoms with Gasteiger partial charge in [-0.25, -0.2) is 10.2 Å². The molecule has 1 aromatic heterocycles. The van der Waals surface area contributed by atoms with Crippen LogP contribution in [0.25, 0.3) is 11.3 Å². The lowest BCUT2D eigenvalue weighted by Gasteiger charge is -1.94. The maximum atomic E-state index is 10.4. The maximum absolute atomic E-state index is 10.4. The average Bonchev–Trinajstić information content (AvgIpc) is 2.78. The van der Waals surface area contributed by atoms with Gasteiger partial charge in [0.2, 0.25) is 0 Å². The molecule has 0 bridgehead atoms. The van der Waals surface area contributed by atoms with Crippen LogP contribution in [0.5, 0.6) is 0 Å². The molecule has 0 fully saturated rings. The van der Waals surface area contributed by atoms with Gasteiger partial charge in [0.15, 0.2) is 0 Å². The number of nitrogens with two attached hydrogens (primary N) is 1. The highest BCUT2D eigenvalue weighted by Gasteiger charge is 2.01. The molecule has 0 saturated carbocycles. The van der Waals surface area contributed by atoms with Gasteiger partial charge in [-0.15, -0.1) is 0 Å². The van der Waals surface area contributed by atoms with Crippen LogP contribution in [0.15, 0.2) is 52.0 Å². The molecular formula is C12H15N3O4. The molecule has 2 rings (SSSR count). The van der Waals surface area contributed by atoms with E-state index in [1.807, 2.05) is 36.4 Å². The highest BCUT2D eigenvalue weighted by Crippen LogP contribution is 2.20. The van der Waals surface area contributed by atoms with Crippen LogP contribution in [0.1, 0.15) is 5.76 Å². The number of hydrazone groups is 1. The first-order valence-corrected chi connectivity index (χ1v) is 4.99. The quantitative estimate of drug-likeness (QED) is 0.607. The van der Waals surface area contributed by atoms with E-state index in [1.54, 1.807) is 6.07 Å². The highest BCUT2D eigenvalue weighted by molar-refractivity contribution is 5.79. The van der Waals surface area contributed by atoms with Crippen LogP contribution in [0.3, 0.4) is 0 Å². The van der Waals surface area contributed by atoms with E-state index in [1.165, 1.54) is 6.21 Å². The summed E-state index contributed by atoms with van der Waals surface area (Å²) in [6, 6.07) is 12.6. The van der Waals surface area contributed by atoms with Crippen molar-refractivity contribution in [1.82, 2.24) is 5.43 Å². The van der Waals surface area contributed by atoms with Crippen molar-refractivity contribution < 1.29 is 20.2 Å². The Kier molecular flexibility index (Phi) is 6.58. The number of urea groups is 1. The number of primary amides is 1. The molecule has 0 radical (unpaired) electrons. The second-order valence-corrected chi connectivity index (χ2v) is 3.30. The van der Waals surface area contributed by atoms with Crippen LogP contribution in [-0.4, -0.2) is 23.2 Å². The molecule has 0 atom stereocenters. The highest BCUT2D eigenvalue weighted by atomic mass is 16.3. The smallest absolute Gasteiger partial charge is 0.332 e. The predicted octanol–water partition coefficient (Wildman–Crippen LogP) is 0.299. The number of carbonyl (C=O) groups is 1. The molecule has 7 nitrogen and oxygen atoms in total. The summed E-state index contributed by atoms with van der Waals surface area (Å²) in [5, 5.41) is 3.60. The van der Waals surface area contributed by atoms with Crippen molar-refractivity contribution in [2.24, 2.45) is 10.8 Å². The number of rotatable bonds is 3. The zero-order valence-corrected chi connectivity index (χ0v) is 9.96. The molecular weight excluding hydrogens is 250 g/mol. The summed E-state index contributed by atoms with van der Waals surface area (Å²) in [4.78, 5) is 10.4. The Morgan fingerprint density at radius 1 is 1.16 bits per heavy atom. The Hall–Kier alpha value is -2.64. The lowest BCUT2D eigenvalue weighted by atomic mass is 10.2. The van der Waals surface area contributed by atoms with E-state index in [0.29, 0.717) is 5.76 Å². The minimum absolute atomic E-state index is 0. The molecule has 7 N–H and O–H groups in total. The van der Waals surface area contributed by atoms with Gasteiger partial charge < -0.3 is 21.1 Å². The fraction of sp³-hybridized carbons (Fsp3) is 0. The third-order valence-corrected chi connectivity index (χ3v) is 2.05. The van der Waals surface area contributed by atoms with Gasteiger partial charge in [0.25, 0.3) is 0 Å². The molecule has 0 aliphatic heterocycles. The van der Waals surface area contributed by atoms with E-state index in [-0.39, 0.29) is 11.0 Å². The Labute approximate surface area is 109 Å². The lowest BCUT2D eigenvalue weighted by molar-refractivity contribution is 0.249. The predicted molar refractivity (Wildman–Crippen MR) is 71.7 cm³/mol. The third-order valence-electron chi connectivity index (χ3n) is 2.05. The van der Waals surface area contributed by atoms with E-state index in [9.17, 15) is 4.79 Å².